The zero-order valence-electron chi connectivity index (χ0n) is 7.95. The van der Waals surface area contributed by atoms with Crippen LogP contribution in [0.1, 0.15) is 19.4 Å². The van der Waals surface area contributed by atoms with Gasteiger partial charge >= 0.3 is 0 Å². The molecule has 2 aromatic rings. The van der Waals surface area contributed by atoms with Crippen LogP contribution in [-0.2, 0) is 6.42 Å². The van der Waals surface area contributed by atoms with E-state index in [1.54, 1.807) is 11.3 Å². The first kappa shape index (κ1) is 8.70. The van der Waals surface area contributed by atoms with Crippen molar-refractivity contribution in [3.8, 4) is 0 Å². The van der Waals surface area contributed by atoms with Crippen LogP contribution in [0.4, 0.5) is 0 Å². The van der Waals surface area contributed by atoms with Crippen molar-refractivity contribution in [2.24, 2.45) is 5.92 Å². The maximum absolute atomic E-state index is 4.26. The molecule has 0 fully saturated rings. The van der Waals surface area contributed by atoms with Crippen LogP contribution in [0.3, 0.4) is 0 Å². The van der Waals surface area contributed by atoms with Crippen LogP contribution in [0.25, 0.3) is 10.2 Å². The lowest BCUT2D eigenvalue weighted by Crippen LogP contribution is -1.92. The molecule has 0 radical (unpaired) electrons. The summed E-state index contributed by atoms with van der Waals surface area (Å²) < 4.78 is 1.30. The van der Waals surface area contributed by atoms with Crippen molar-refractivity contribution in [3.05, 3.63) is 29.3 Å². The molecule has 0 unspecified atom stereocenters. The molecule has 0 aliphatic carbocycles. The molecule has 0 aliphatic rings. The van der Waals surface area contributed by atoms with E-state index in [-0.39, 0.29) is 0 Å². The van der Waals surface area contributed by atoms with Crippen molar-refractivity contribution >= 4 is 21.6 Å². The van der Waals surface area contributed by atoms with Gasteiger partial charge in [0.2, 0.25) is 0 Å². The second-order valence-corrected chi connectivity index (χ2v) is 4.64. The molecule has 0 amide bonds. The van der Waals surface area contributed by atoms with Crippen LogP contribution in [0.15, 0.2) is 23.7 Å². The Morgan fingerprint density at radius 3 is 3.00 bits per heavy atom. The average molecular weight is 191 g/mol. The van der Waals surface area contributed by atoms with E-state index in [4.69, 9.17) is 0 Å². The monoisotopic (exact) mass is 191 g/mol. The summed E-state index contributed by atoms with van der Waals surface area (Å²) >= 11 is 1.72. The van der Waals surface area contributed by atoms with Gasteiger partial charge in [0, 0.05) is 0 Å². The molecule has 1 aromatic carbocycles. The van der Waals surface area contributed by atoms with E-state index in [2.05, 4.69) is 37.0 Å². The molecule has 2 rings (SSSR count). The topological polar surface area (TPSA) is 12.9 Å². The Morgan fingerprint density at radius 1 is 1.38 bits per heavy atom. The van der Waals surface area contributed by atoms with E-state index in [1.165, 1.54) is 10.3 Å². The Kier molecular flexibility index (Phi) is 2.32. The van der Waals surface area contributed by atoms with E-state index in [1.807, 2.05) is 5.51 Å². The molecular formula is C11H13NS. The first-order chi connectivity index (χ1) is 6.25. The van der Waals surface area contributed by atoms with Gasteiger partial charge in [0.25, 0.3) is 0 Å². The Bertz CT molecular complexity index is 403. The summed E-state index contributed by atoms with van der Waals surface area (Å²) in [4.78, 5) is 4.26. The molecule has 0 atom stereocenters. The lowest BCUT2D eigenvalue weighted by molar-refractivity contribution is 0.648. The number of hydrogen-bond donors (Lipinski definition) is 0. The summed E-state index contributed by atoms with van der Waals surface area (Å²) in [5.74, 6) is 0.727. The molecule has 13 heavy (non-hydrogen) atoms. The Morgan fingerprint density at radius 2 is 2.23 bits per heavy atom. The zero-order chi connectivity index (χ0) is 9.26. The third-order valence-corrected chi connectivity index (χ3v) is 2.83. The molecular weight excluding hydrogens is 178 g/mol. The molecule has 0 bridgehead atoms. The normalized spacial score (nSPS) is 11.3. The summed E-state index contributed by atoms with van der Waals surface area (Å²) in [6, 6.07) is 6.55. The first-order valence-corrected chi connectivity index (χ1v) is 5.46. The number of nitrogens with zero attached hydrogens (tertiary/aromatic N) is 1. The fraction of sp³-hybridized carbons (Fsp3) is 0.364. The van der Waals surface area contributed by atoms with Crippen LogP contribution < -0.4 is 0 Å². The number of fused-ring (bicyclic) bond motifs is 1. The number of hydrogen-bond acceptors (Lipinski definition) is 2. The van der Waals surface area contributed by atoms with Gasteiger partial charge in [-0.3, -0.25) is 0 Å². The number of thiazole rings is 1. The highest BCUT2D eigenvalue weighted by atomic mass is 32.1. The molecule has 0 aliphatic heterocycles. The van der Waals surface area contributed by atoms with Gasteiger partial charge in [-0.15, -0.1) is 11.3 Å². The summed E-state index contributed by atoms with van der Waals surface area (Å²) in [6.45, 7) is 4.49. The first-order valence-electron chi connectivity index (χ1n) is 4.58. The van der Waals surface area contributed by atoms with Gasteiger partial charge in [-0.2, -0.15) is 0 Å². The maximum atomic E-state index is 4.26. The van der Waals surface area contributed by atoms with Gasteiger partial charge < -0.3 is 0 Å². The molecule has 68 valence electrons. The van der Waals surface area contributed by atoms with Crippen molar-refractivity contribution in [2.75, 3.05) is 0 Å². The van der Waals surface area contributed by atoms with Gasteiger partial charge in [0.15, 0.2) is 0 Å². The molecule has 0 N–H and O–H groups in total. The Balaban J connectivity index is 2.37. The van der Waals surface area contributed by atoms with Gasteiger partial charge in [-0.05, 0) is 30.0 Å². The lowest BCUT2D eigenvalue weighted by Gasteiger charge is -2.03. The van der Waals surface area contributed by atoms with Gasteiger partial charge in [0.05, 0.1) is 15.7 Å². The lowest BCUT2D eigenvalue weighted by atomic mass is 10.0. The zero-order valence-corrected chi connectivity index (χ0v) is 8.77. The maximum Gasteiger partial charge on any atom is 0.0812 e. The smallest absolute Gasteiger partial charge is 0.0812 e. The SMILES string of the molecule is CC(C)Cc1ccc2ncsc2c1. The van der Waals surface area contributed by atoms with Crippen molar-refractivity contribution in [2.45, 2.75) is 20.3 Å². The van der Waals surface area contributed by atoms with Crippen molar-refractivity contribution < 1.29 is 0 Å². The van der Waals surface area contributed by atoms with Crippen LogP contribution in [0.5, 0.6) is 0 Å². The van der Waals surface area contributed by atoms with E-state index in [0.717, 1.165) is 17.9 Å². The molecule has 0 saturated carbocycles. The molecule has 1 heterocycles. The largest absolute Gasteiger partial charge is 0.245 e. The van der Waals surface area contributed by atoms with Crippen molar-refractivity contribution in [3.63, 3.8) is 0 Å². The minimum absolute atomic E-state index is 0.727. The average Bonchev–Trinajstić information content (AvgIpc) is 2.49. The molecule has 0 spiro atoms. The fourth-order valence-electron chi connectivity index (χ4n) is 1.50. The molecule has 2 heteroatoms. The second kappa shape index (κ2) is 3.46. The van der Waals surface area contributed by atoms with E-state index >= 15 is 0 Å². The summed E-state index contributed by atoms with van der Waals surface area (Å²) in [7, 11) is 0. The predicted octanol–water partition coefficient (Wildman–Crippen LogP) is 3.49. The standard InChI is InChI=1S/C11H13NS/c1-8(2)5-9-3-4-10-11(6-9)13-7-12-10/h3-4,6-8H,5H2,1-2H3. The molecule has 0 saturated heterocycles. The summed E-state index contributed by atoms with van der Waals surface area (Å²) in [5.41, 5.74) is 4.45. The van der Waals surface area contributed by atoms with Crippen LogP contribution in [0, 0.1) is 5.92 Å². The Hall–Kier alpha value is -0.890. The predicted molar refractivity (Wildman–Crippen MR) is 58.2 cm³/mol. The van der Waals surface area contributed by atoms with E-state index in [9.17, 15) is 0 Å². The van der Waals surface area contributed by atoms with Crippen LogP contribution in [0.2, 0.25) is 0 Å². The van der Waals surface area contributed by atoms with Gasteiger partial charge in [-0.1, -0.05) is 19.9 Å². The quantitative estimate of drug-likeness (QED) is 0.708. The fourth-order valence-corrected chi connectivity index (χ4v) is 2.24. The van der Waals surface area contributed by atoms with Gasteiger partial charge in [-0.25, -0.2) is 4.98 Å². The summed E-state index contributed by atoms with van der Waals surface area (Å²) in [5, 5.41) is 0. The van der Waals surface area contributed by atoms with E-state index < -0.39 is 0 Å². The summed E-state index contributed by atoms with van der Waals surface area (Å²) in [6.07, 6.45) is 1.16. The van der Waals surface area contributed by atoms with Crippen molar-refractivity contribution in [1.82, 2.24) is 4.98 Å². The third kappa shape index (κ3) is 1.89. The minimum Gasteiger partial charge on any atom is -0.245 e. The highest BCUT2D eigenvalue weighted by molar-refractivity contribution is 7.16. The van der Waals surface area contributed by atoms with Gasteiger partial charge in [0.1, 0.15) is 0 Å². The third-order valence-electron chi connectivity index (χ3n) is 2.04. The highest BCUT2D eigenvalue weighted by Crippen LogP contribution is 2.20. The van der Waals surface area contributed by atoms with Crippen LogP contribution >= 0.6 is 11.3 Å². The molecule has 1 nitrogen and oxygen atoms in total. The van der Waals surface area contributed by atoms with Crippen molar-refractivity contribution in [1.29, 1.82) is 0 Å². The van der Waals surface area contributed by atoms with E-state index in [0.29, 0.717) is 0 Å². The second-order valence-electron chi connectivity index (χ2n) is 3.75. The number of benzene rings is 1. The highest BCUT2D eigenvalue weighted by Gasteiger charge is 2.00. The Labute approximate surface area is 82.4 Å². The number of aromatic nitrogens is 1. The molecule has 1 aromatic heterocycles. The minimum atomic E-state index is 0.727. The van der Waals surface area contributed by atoms with Crippen LogP contribution in [-0.4, -0.2) is 4.98 Å². The number of rotatable bonds is 2.